The van der Waals surface area contributed by atoms with Crippen LogP contribution in [0.2, 0.25) is 0 Å². The molecule has 0 unspecified atom stereocenters. The van der Waals surface area contributed by atoms with Gasteiger partial charge in [0.25, 0.3) is 5.91 Å². The highest BCUT2D eigenvalue weighted by Crippen LogP contribution is 2.57. The monoisotopic (exact) mass is 831 g/mol. The first-order valence-electron chi connectivity index (χ1n) is 20.4. The minimum absolute atomic E-state index is 0.0204. The maximum atomic E-state index is 14.3. The number of phenols is 1. The van der Waals surface area contributed by atoms with E-state index in [4.69, 9.17) is 5.73 Å². The van der Waals surface area contributed by atoms with Crippen molar-refractivity contribution in [3.63, 3.8) is 0 Å². The molecule has 0 radical (unpaired) electrons. The minimum Gasteiger partial charge on any atom is -0.508 e. The van der Waals surface area contributed by atoms with Crippen molar-refractivity contribution in [2.75, 3.05) is 20.3 Å². The molecule has 7 N–H and O–H groups in total. The van der Waals surface area contributed by atoms with Crippen LogP contribution in [0.3, 0.4) is 0 Å². The van der Waals surface area contributed by atoms with E-state index in [-0.39, 0.29) is 29.9 Å². The number of aliphatic hydroxyl groups is 4. The molecule has 0 aromatic heterocycles. The van der Waals surface area contributed by atoms with Gasteiger partial charge < -0.3 is 31.3 Å². The summed E-state index contributed by atoms with van der Waals surface area (Å²) >= 11 is 0. The Hall–Kier alpha value is -5.45. The van der Waals surface area contributed by atoms with Crippen molar-refractivity contribution < 1.29 is 44.7 Å². The number of benzene rings is 4. The smallest absolute Gasteiger partial charge is 0.255 e. The first-order chi connectivity index (χ1) is 28.7. The number of unbranched alkanes of at least 4 members (excludes halogenated alkanes) is 2. The Bertz CT molecular complexity index is 2280. The number of fused-ring (bicyclic) bond motifs is 3. The average molecular weight is 832 g/mol. The lowest BCUT2D eigenvalue weighted by Gasteiger charge is -2.53. The molecule has 12 heteroatoms. The average Bonchev–Trinajstić information content (AvgIpc) is 3.24. The van der Waals surface area contributed by atoms with Crippen molar-refractivity contribution in [1.82, 2.24) is 4.90 Å². The van der Waals surface area contributed by atoms with E-state index < -0.39 is 82.9 Å². The summed E-state index contributed by atoms with van der Waals surface area (Å²) in [5.74, 6) is -9.36. The Morgan fingerprint density at radius 1 is 0.783 bits per heavy atom. The quantitative estimate of drug-likeness (QED) is 0.0596. The van der Waals surface area contributed by atoms with Gasteiger partial charge in [0.1, 0.15) is 51.8 Å². The number of primary amides is 1. The molecule has 0 bridgehead atoms. The van der Waals surface area contributed by atoms with E-state index in [9.17, 15) is 44.7 Å². The van der Waals surface area contributed by atoms with E-state index in [0.29, 0.717) is 24.0 Å². The topological polar surface area (TPSA) is 199 Å². The first-order valence-corrected chi connectivity index (χ1v) is 22.4. The van der Waals surface area contributed by atoms with E-state index in [1.54, 1.807) is 19.1 Å². The minimum atomic E-state index is -2.99. The van der Waals surface area contributed by atoms with Gasteiger partial charge in [-0.15, -0.1) is 0 Å². The molecule has 1 fully saturated rings. The molecule has 312 valence electrons. The molecule has 1 amide bonds. The number of nitrogens with zero attached hydrogens (tertiary/aromatic N) is 1. The fraction of sp³-hybridized carbons (Fsp3) is 0.333. The van der Waals surface area contributed by atoms with Crippen molar-refractivity contribution in [1.29, 1.82) is 0 Å². The van der Waals surface area contributed by atoms with Crippen LogP contribution in [0.25, 0.3) is 5.76 Å². The zero-order chi connectivity index (χ0) is 43.1. The van der Waals surface area contributed by atoms with Crippen molar-refractivity contribution in [3.05, 3.63) is 137 Å². The maximum Gasteiger partial charge on any atom is 0.255 e. The second-order valence-electron chi connectivity index (χ2n) is 16.5. The summed E-state index contributed by atoms with van der Waals surface area (Å²) in [6.45, 7) is 1.69. The van der Waals surface area contributed by atoms with Crippen LogP contribution in [0.5, 0.6) is 5.75 Å². The molecule has 60 heavy (non-hydrogen) atoms. The number of aryl methyl sites for hydroxylation is 1. The zero-order valence-electron chi connectivity index (χ0n) is 34.0. The van der Waals surface area contributed by atoms with Gasteiger partial charge in [0.05, 0.1) is 29.8 Å². The summed E-state index contributed by atoms with van der Waals surface area (Å²) in [5.41, 5.74) is 1.70. The predicted octanol–water partition coefficient (Wildman–Crippen LogP) is 4.55. The predicted molar refractivity (Wildman–Crippen MR) is 232 cm³/mol. The number of hydrogen-bond donors (Lipinski definition) is 6. The molecule has 11 nitrogen and oxygen atoms in total. The van der Waals surface area contributed by atoms with Crippen LogP contribution in [0.15, 0.2) is 120 Å². The van der Waals surface area contributed by atoms with Crippen molar-refractivity contribution in [3.8, 4) is 5.75 Å². The van der Waals surface area contributed by atoms with Gasteiger partial charge in [0.2, 0.25) is 5.78 Å². The Balaban J connectivity index is 1.07. The molecule has 6 atom stereocenters. The molecular formula is C48H52N2O9P+. The molecule has 3 aliphatic carbocycles. The molecule has 0 heterocycles. The van der Waals surface area contributed by atoms with Gasteiger partial charge in [0, 0.05) is 24.3 Å². The number of carbonyl (C=O) groups excluding carboxylic acids is 4. The summed E-state index contributed by atoms with van der Waals surface area (Å²) in [6.07, 6.45) is 2.40. The van der Waals surface area contributed by atoms with Gasteiger partial charge >= 0.3 is 0 Å². The number of phenolic OH excluding ortho intramolecular Hbond substituents is 1. The molecule has 4 aromatic carbocycles. The largest absolute Gasteiger partial charge is 0.508 e. The summed E-state index contributed by atoms with van der Waals surface area (Å²) in [6, 6.07) is 33.9. The fourth-order valence-electron chi connectivity index (χ4n) is 9.99. The SMILES string of the molecule is C[C@H]1c2ccc(CCC(=O)CCCCC[P+](c3ccccc3)(c3ccccc3)c3ccccc3)c(O)c2C(O)=C2C(=O)[C@]3(O)C(O)=C(C(N)=O)C(=O)[C@@H](N(C)C)[C@@H]3[C@@H](O)[C@@H]21. The number of amides is 1. The molecule has 1 saturated carbocycles. The van der Waals surface area contributed by atoms with E-state index >= 15 is 0 Å². The van der Waals surface area contributed by atoms with E-state index in [1.165, 1.54) is 34.9 Å². The van der Waals surface area contributed by atoms with Gasteiger partial charge in [-0.25, -0.2) is 0 Å². The van der Waals surface area contributed by atoms with Crippen LogP contribution < -0.4 is 21.6 Å². The van der Waals surface area contributed by atoms with Gasteiger partial charge in [-0.1, -0.05) is 73.7 Å². The van der Waals surface area contributed by atoms with Crippen LogP contribution in [-0.4, -0.2) is 91.7 Å². The van der Waals surface area contributed by atoms with Crippen LogP contribution in [0.1, 0.15) is 61.6 Å². The number of aromatic hydroxyl groups is 1. The van der Waals surface area contributed by atoms with E-state index in [1.807, 2.05) is 18.2 Å². The third-order valence-corrected chi connectivity index (χ3v) is 17.5. The lowest BCUT2D eigenvalue weighted by Crippen LogP contribution is -2.70. The van der Waals surface area contributed by atoms with Crippen molar-refractivity contribution in [2.45, 2.75) is 69.1 Å². The third kappa shape index (κ3) is 6.97. The lowest BCUT2D eigenvalue weighted by molar-refractivity contribution is -0.169. The van der Waals surface area contributed by atoms with Crippen LogP contribution >= 0.6 is 7.26 Å². The first kappa shape index (κ1) is 42.7. The number of Topliss-reactive ketones (excluding diaryl/α,β-unsaturated/α-hetero) is 3. The van der Waals surface area contributed by atoms with E-state index in [2.05, 4.69) is 72.8 Å². The second-order valence-corrected chi connectivity index (χ2v) is 20.1. The second kappa shape index (κ2) is 16.9. The highest BCUT2D eigenvalue weighted by atomic mass is 31.2. The molecule has 0 saturated heterocycles. The molecule has 0 aliphatic heterocycles. The normalized spacial score (nSPS) is 23.9. The molecule has 7 rings (SSSR count). The Kier molecular flexibility index (Phi) is 12.0. The standard InChI is InChI=1S/C48H51N2O9P/c1-28-34-26-24-29(41(52)36(34)42(53)37-35(28)43(54)39-40(50(2)3)44(55)38(47(49)58)46(57)48(39,59)45(37)56)23-25-30(51)16-8-7-15-27-60(31-17-9-4-10-18-31,32-19-11-5-12-20-32)33-21-13-6-14-22-33/h4-6,9-14,17-22,24,26,28,35,39-40,43,54,59H,7-8,15-16,23,25,27H2,1-3H3,(H4-,49,52,53,55,56,57,58)/p+1/t28-,35+,39+,40-,43-,48-/m0/s1. The number of ketones is 3. The highest BCUT2D eigenvalue weighted by Gasteiger charge is 2.68. The summed E-state index contributed by atoms with van der Waals surface area (Å²) in [7, 11) is 0.949. The summed E-state index contributed by atoms with van der Waals surface area (Å²) in [4.78, 5) is 54.7. The van der Waals surface area contributed by atoms with Crippen molar-refractivity contribution >= 4 is 52.2 Å². The Labute approximate surface area is 350 Å². The number of likely N-dealkylation sites (N-methyl/N-ethyl adjacent to an activating group) is 1. The number of nitrogens with two attached hydrogens (primary N) is 1. The molecular weight excluding hydrogens is 780 g/mol. The van der Waals surface area contributed by atoms with Gasteiger partial charge in [-0.3, -0.25) is 24.1 Å². The summed E-state index contributed by atoms with van der Waals surface area (Å²) in [5, 5.41) is 62.2. The van der Waals surface area contributed by atoms with Gasteiger partial charge in [0.15, 0.2) is 11.4 Å². The lowest BCUT2D eigenvalue weighted by atomic mass is 9.54. The highest BCUT2D eigenvalue weighted by molar-refractivity contribution is 7.95. The number of carbonyl (C=O) groups is 4. The zero-order valence-corrected chi connectivity index (χ0v) is 34.9. The Morgan fingerprint density at radius 3 is 1.85 bits per heavy atom. The summed E-state index contributed by atoms with van der Waals surface area (Å²) < 4.78 is 0. The Morgan fingerprint density at radius 2 is 1.33 bits per heavy atom. The fourth-order valence-corrected chi connectivity index (χ4v) is 14.4. The molecule has 3 aliphatic rings. The molecule has 0 spiro atoms. The van der Waals surface area contributed by atoms with E-state index in [0.717, 1.165) is 19.0 Å². The van der Waals surface area contributed by atoms with Gasteiger partial charge in [-0.05, 0) is 93.2 Å². The third-order valence-electron chi connectivity index (χ3n) is 12.9. The van der Waals surface area contributed by atoms with Crippen LogP contribution in [0, 0.1) is 11.8 Å². The van der Waals surface area contributed by atoms with Crippen LogP contribution in [-0.2, 0) is 25.6 Å². The molecule has 4 aromatic rings. The number of hydrogen-bond acceptors (Lipinski definition) is 10. The number of aliphatic hydroxyl groups excluding tert-OH is 3. The van der Waals surface area contributed by atoms with Gasteiger partial charge in [-0.2, -0.15) is 0 Å². The van der Waals surface area contributed by atoms with Crippen molar-refractivity contribution in [2.24, 2.45) is 17.6 Å². The number of rotatable bonds is 14. The van der Waals surface area contributed by atoms with Crippen LogP contribution in [0.4, 0.5) is 0 Å². The maximum absolute atomic E-state index is 14.3.